The monoisotopic (exact) mass is 571 g/mol. The van der Waals surface area contributed by atoms with Gasteiger partial charge in [0, 0.05) is 55.7 Å². The zero-order valence-electron chi connectivity index (χ0n) is 24.7. The summed E-state index contributed by atoms with van der Waals surface area (Å²) in [5, 5.41) is 20.9. The van der Waals surface area contributed by atoms with Crippen molar-refractivity contribution >= 4 is 11.6 Å². The Kier molecular flexibility index (Phi) is 7.26. The van der Waals surface area contributed by atoms with Crippen molar-refractivity contribution in [2.24, 2.45) is 18.9 Å². The lowest BCUT2D eigenvalue weighted by Crippen LogP contribution is -2.44. The lowest BCUT2D eigenvalue weighted by atomic mass is 9.57. The minimum atomic E-state index is -0.776. The molecule has 2 aromatic heterocycles. The van der Waals surface area contributed by atoms with Crippen molar-refractivity contribution in [2.45, 2.75) is 70.0 Å². The normalized spacial score (nSPS) is 26.5. The highest BCUT2D eigenvalue weighted by molar-refractivity contribution is 6.03. The van der Waals surface area contributed by atoms with Crippen LogP contribution in [0.2, 0.25) is 0 Å². The molecule has 1 saturated carbocycles. The Morgan fingerprint density at radius 1 is 1.29 bits per heavy atom. The SMILES string of the molecule is C[C@@H]1CN(Cc2cc(C(=O)Nc3cccc(C4(c5nncn5C)CC(CC#N)C4)c3)nc3c2OCC3(C)C)CC[C@@H]1F. The fourth-order valence-electron chi connectivity index (χ4n) is 6.90. The van der Waals surface area contributed by atoms with Crippen LogP contribution >= 0.6 is 0 Å². The van der Waals surface area contributed by atoms with Gasteiger partial charge in [-0.2, -0.15) is 5.26 Å². The predicted molar refractivity (Wildman–Crippen MR) is 156 cm³/mol. The average Bonchev–Trinajstić information content (AvgIpc) is 3.50. The number of hydrogen-bond acceptors (Lipinski definition) is 7. The Labute approximate surface area is 246 Å². The molecule has 0 radical (unpaired) electrons. The van der Waals surface area contributed by atoms with Crippen molar-refractivity contribution in [1.82, 2.24) is 24.6 Å². The first-order valence-corrected chi connectivity index (χ1v) is 14.8. The van der Waals surface area contributed by atoms with Gasteiger partial charge in [-0.3, -0.25) is 9.69 Å². The number of rotatable bonds is 7. The zero-order chi connectivity index (χ0) is 29.6. The van der Waals surface area contributed by atoms with Crippen molar-refractivity contribution in [3.05, 3.63) is 65.0 Å². The summed E-state index contributed by atoms with van der Waals surface area (Å²) in [6.45, 7) is 8.50. The van der Waals surface area contributed by atoms with Crippen LogP contribution in [0.3, 0.4) is 0 Å². The molecule has 3 aliphatic rings. The summed E-state index contributed by atoms with van der Waals surface area (Å²) in [6, 6.07) is 12.0. The molecular weight excluding hydrogens is 533 g/mol. The highest BCUT2D eigenvalue weighted by Gasteiger charge is 2.49. The van der Waals surface area contributed by atoms with Gasteiger partial charge >= 0.3 is 0 Å². The van der Waals surface area contributed by atoms with Crippen LogP contribution in [0.1, 0.15) is 79.6 Å². The number of halogens is 1. The molecule has 220 valence electrons. The van der Waals surface area contributed by atoms with Crippen molar-refractivity contribution in [3.8, 4) is 11.8 Å². The zero-order valence-corrected chi connectivity index (χ0v) is 24.7. The number of ether oxygens (including phenoxy) is 1. The molecule has 0 spiro atoms. The van der Waals surface area contributed by atoms with Crippen LogP contribution in [0.25, 0.3) is 0 Å². The molecule has 9 nitrogen and oxygen atoms in total. The fourth-order valence-corrected chi connectivity index (χ4v) is 6.90. The number of aromatic nitrogens is 4. The molecule has 0 bridgehead atoms. The topological polar surface area (TPSA) is 109 Å². The third-order valence-corrected chi connectivity index (χ3v) is 9.25. The second-order valence-electron chi connectivity index (χ2n) is 13.1. The van der Waals surface area contributed by atoms with Gasteiger partial charge in [0.25, 0.3) is 5.91 Å². The third-order valence-electron chi connectivity index (χ3n) is 9.25. The van der Waals surface area contributed by atoms with Gasteiger partial charge in [0.2, 0.25) is 0 Å². The summed E-state index contributed by atoms with van der Waals surface area (Å²) in [6.07, 6.45) is 3.54. The van der Waals surface area contributed by atoms with E-state index in [4.69, 9.17) is 9.72 Å². The van der Waals surface area contributed by atoms with Crippen LogP contribution < -0.4 is 10.1 Å². The Morgan fingerprint density at radius 3 is 2.81 bits per heavy atom. The first-order valence-electron chi connectivity index (χ1n) is 14.8. The average molecular weight is 572 g/mol. The Hall–Kier alpha value is -3.84. The van der Waals surface area contributed by atoms with Gasteiger partial charge in [0.15, 0.2) is 0 Å². The summed E-state index contributed by atoms with van der Waals surface area (Å²) in [5.74, 6) is 1.58. The Balaban J connectivity index is 1.28. The van der Waals surface area contributed by atoms with Crippen LogP contribution in [0, 0.1) is 23.2 Å². The molecule has 2 fully saturated rings. The number of anilines is 1. The molecule has 10 heteroatoms. The molecular formula is C32H38FN7O2. The summed E-state index contributed by atoms with van der Waals surface area (Å²) in [5.41, 5.74) is 3.04. The quantitative estimate of drug-likeness (QED) is 0.429. The Morgan fingerprint density at radius 2 is 2.10 bits per heavy atom. The number of nitriles is 1. The Bertz CT molecular complexity index is 1540. The first-order chi connectivity index (χ1) is 20.1. The van der Waals surface area contributed by atoms with E-state index < -0.39 is 6.17 Å². The fraction of sp³-hybridized carbons (Fsp3) is 0.531. The lowest BCUT2D eigenvalue weighted by Gasteiger charge is -2.46. The van der Waals surface area contributed by atoms with Crippen LogP contribution in [-0.2, 0) is 24.4 Å². The number of alkyl halides is 1. The van der Waals surface area contributed by atoms with E-state index in [2.05, 4.69) is 46.4 Å². The number of amides is 1. The number of aryl methyl sites for hydroxylation is 1. The minimum absolute atomic E-state index is 0.0308. The number of likely N-dealkylation sites (tertiary alicyclic amines) is 1. The molecule has 1 saturated heterocycles. The van der Waals surface area contributed by atoms with Gasteiger partial charge in [-0.1, -0.05) is 32.9 Å². The van der Waals surface area contributed by atoms with E-state index in [1.807, 2.05) is 42.8 Å². The van der Waals surface area contributed by atoms with Crippen molar-refractivity contribution in [3.63, 3.8) is 0 Å². The number of fused-ring (bicyclic) bond motifs is 1. The molecule has 6 rings (SSSR count). The molecule has 42 heavy (non-hydrogen) atoms. The second-order valence-corrected chi connectivity index (χ2v) is 13.1. The van der Waals surface area contributed by atoms with Gasteiger partial charge < -0.3 is 14.6 Å². The molecule has 0 unspecified atom stereocenters. The van der Waals surface area contributed by atoms with E-state index in [0.29, 0.717) is 56.4 Å². The van der Waals surface area contributed by atoms with Gasteiger partial charge in [-0.15, -0.1) is 10.2 Å². The highest BCUT2D eigenvalue weighted by atomic mass is 19.1. The van der Waals surface area contributed by atoms with Crippen LogP contribution in [0.15, 0.2) is 36.7 Å². The van der Waals surface area contributed by atoms with E-state index >= 15 is 0 Å². The van der Waals surface area contributed by atoms with E-state index in [1.165, 1.54) is 0 Å². The van der Waals surface area contributed by atoms with Gasteiger partial charge in [-0.25, -0.2) is 9.37 Å². The molecule has 4 heterocycles. The van der Waals surface area contributed by atoms with Crippen LogP contribution in [-0.4, -0.2) is 56.4 Å². The summed E-state index contributed by atoms with van der Waals surface area (Å²) >= 11 is 0. The van der Waals surface area contributed by atoms with Crippen molar-refractivity contribution < 1.29 is 13.9 Å². The van der Waals surface area contributed by atoms with Gasteiger partial charge in [0.05, 0.1) is 23.8 Å². The standard InChI is InChI=1S/C32H38FN7O2/c1-20-16-40(11-9-25(20)33)17-22-12-26(37-28-27(22)42-18-31(28,2)3)29(41)36-24-7-5-6-23(13-24)32(14-21(15-32)8-10-34)30-38-35-19-39(30)4/h5-7,12-13,19-21,25H,8-9,11,14-18H2,1-4H3,(H,36,41)/t20-,21?,25+,32?/m1/s1. The maximum absolute atomic E-state index is 14.1. The van der Waals surface area contributed by atoms with Gasteiger partial charge in [0.1, 0.15) is 29.8 Å². The smallest absolute Gasteiger partial charge is 0.274 e. The maximum atomic E-state index is 14.1. The molecule has 1 aromatic carbocycles. The molecule has 1 amide bonds. The largest absolute Gasteiger partial charge is 0.490 e. The number of carbonyl (C=O) groups excluding carboxylic acids is 1. The molecule has 2 aliphatic heterocycles. The highest BCUT2D eigenvalue weighted by Crippen LogP contribution is 2.53. The number of carbonyl (C=O) groups is 1. The number of hydrogen-bond donors (Lipinski definition) is 1. The number of nitrogens with one attached hydrogen (secondary N) is 1. The number of pyridine rings is 1. The summed E-state index contributed by atoms with van der Waals surface area (Å²) in [4.78, 5) is 20.7. The summed E-state index contributed by atoms with van der Waals surface area (Å²) < 4.78 is 22.2. The van der Waals surface area contributed by atoms with E-state index in [0.717, 1.165) is 41.2 Å². The number of piperidine rings is 1. The molecule has 1 aliphatic carbocycles. The maximum Gasteiger partial charge on any atom is 0.274 e. The van der Waals surface area contributed by atoms with Crippen LogP contribution in [0.4, 0.5) is 10.1 Å². The number of nitrogens with zero attached hydrogens (tertiary/aromatic N) is 6. The predicted octanol–water partition coefficient (Wildman–Crippen LogP) is 4.92. The first kappa shape index (κ1) is 28.3. The summed E-state index contributed by atoms with van der Waals surface area (Å²) in [7, 11) is 1.93. The van der Waals surface area contributed by atoms with Crippen molar-refractivity contribution in [2.75, 3.05) is 25.0 Å². The lowest BCUT2D eigenvalue weighted by molar-refractivity contribution is 0.0919. The van der Waals surface area contributed by atoms with E-state index in [9.17, 15) is 14.4 Å². The van der Waals surface area contributed by atoms with E-state index in [-0.39, 0.29) is 22.7 Å². The van der Waals surface area contributed by atoms with Crippen LogP contribution in [0.5, 0.6) is 5.75 Å². The molecule has 2 atom stereocenters. The van der Waals surface area contributed by atoms with Crippen molar-refractivity contribution in [1.29, 1.82) is 5.26 Å². The second kappa shape index (κ2) is 10.8. The van der Waals surface area contributed by atoms with E-state index in [1.54, 1.807) is 6.33 Å². The minimum Gasteiger partial charge on any atom is -0.490 e. The molecule has 3 aromatic rings. The number of benzene rings is 1. The molecule has 1 N–H and O–H groups in total. The van der Waals surface area contributed by atoms with Gasteiger partial charge in [-0.05, 0) is 48.9 Å². The third kappa shape index (κ3) is 5.04.